The van der Waals surface area contributed by atoms with Gasteiger partial charge in [-0.2, -0.15) is 0 Å². The van der Waals surface area contributed by atoms with E-state index in [1.165, 1.54) is 0 Å². The molecule has 0 radical (unpaired) electrons. The highest BCUT2D eigenvalue weighted by molar-refractivity contribution is 5.75. The van der Waals surface area contributed by atoms with Crippen LogP contribution in [0.1, 0.15) is 25.7 Å². The fourth-order valence-corrected chi connectivity index (χ4v) is 2.14. The van der Waals surface area contributed by atoms with E-state index in [0.717, 1.165) is 25.7 Å². The van der Waals surface area contributed by atoms with Crippen molar-refractivity contribution in [1.29, 1.82) is 0 Å². The normalized spacial score (nSPS) is 27.9. The van der Waals surface area contributed by atoms with Crippen LogP contribution in [0, 0.1) is 5.92 Å². The van der Waals surface area contributed by atoms with Crippen molar-refractivity contribution in [1.82, 2.24) is 4.90 Å². The van der Waals surface area contributed by atoms with E-state index in [-0.39, 0.29) is 5.91 Å². The first-order valence-corrected chi connectivity index (χ1v) is 5.23. The lowest BCUT2D eigenvalue weighted by atomic mass is 9.86. The Kier molecular flexibility index (Phi) is 4.35. The predicted octanol–water partition coefficient (Wildman–Crippen LogP) is -0.0454. The van der Waals surface area contributed by atoms with Crippen molar-refractivity contribution in [2.24, 2.45) is 11.7 Å². The molecule has 14 heavy (non-hydrogen) atoms. The van der Waals surface area contributed by atoms with Crippen LogP contribution >= 0.6 is 0 Å². The molecule has 0 aliphatic heterocycles. The number of likely N-dealkylation sites (N-methyl/N-ethyl adjacent to an activating group) is 1. The van der Waals surface area contributed by atoms with Gasteiger partial charge >= 0.3 is 0 Å². The molecule has 0 unspecified atom stereocenters. The Labute approximate surface area is 85.1 Å². The number of amides is 1. The van der Waals surface area contributed by atoms with Gasteiger partial charge in [-0.1, -0.05) is 0 Å². The lowest BCUT2D eigenvalue weighted by Gasteiger charge is -2.33. The molecule has 4 nitrogen and oxygen atoms in total. The van der Waals surface area contributed by atoms with Crippen molar-refractivity contribution >= 4 is 5.91 Å². The summed E-state index contributed by atoms with van der Waals surface area (Å²) in [7, 11) is 1.94. The number of carbonyl (C=O) groups excluding carboxylic acids is 1. The predicted molar refractivity (Wildman–Crippen MR) is 54.7 cm³/mol. The Morgan fingerprint density at radius 3 is 2.43 bits per heavy atom. The summed E-state index contributed by atoms with van der Waals surface area (Å²) in [6, 6.07) is 0.463. The Morgan fingerprint density at radius 1 is 1.43 bits per heavy atom. The van der Waals surface area contributed by atoms with Crippen LogP contribution in [0.5, 0.6) is 0 Å². The molecule has 1 fully saturated rings. The van der Waals surface area contributed by atoms with Crippen molar-refractivity contribution in [3.63, 3.8) is 0 Å². The summed E-state index contributed by atoms with van der Waals surface area (Å²) in [4.78, 5) is 12.7. The van der Waals surface area contributed by atoms with Gasteiger partial charge in [0, 0.05) is 12.6 Å². The second-order valence-electron chi connectivity index (χ2n) is 4.24. The van der Waals surface area contributed by atoms with Gasteiger partial charge < -0.3 is 10.8 Å². The fourth-order valence-electron chi connectivity index (χ4n) is 2.14. The first-order valence-electron chi connectivity index (χ1n) is 5.23. The second-order valence-corrected chi connectivity index (χ2v) is 4.24. The first-order chi connectivity index (χ1) is 6.63. The highest BCUT2D eigenvalue weighted by Crippen LogP contribution is 2.26. The molecule has 1 rings (SSSR count). The number of hydrogen-bond acceptors (Lipinski definition) is 3. The van der Waals surface area contributed by atoms with Crippen LogP contribution in [0.2, 0.25) is 0 Å². The Balaban J connectivity index is 2.30. The SMILES string of the molecule is CN(CC(N)=O)C1CCC(CO)CC1. The van der Waals surface area contributed by atoms with Crippen molar-refractivity contribution in [2.45, 2.75) is 31.7 Å². The van der Waals surface area contributed by atoms with Crippen molar-refractivity contribution in [3.05, 3.63) is 0 Å². The van der Waals surface area contributed by atoms with E-state index in [9.17, 15) is 4.79 Å². The fraction of sp³-hybridized carbons (Fsp3) is 0.900. The third-order valence-corrected chi connectivity index (χ3v) is 3.10. The molecule has 0 atom stereocenters. The van der Waals surface area contributed by atoms with Gasteiger partial charge in [0.25, 0.3) is 0 Å². The zero-order valence-corrected chi connectivity index (χ0v) is 8.78. The molecule has 0 saturated heterocycles. The third-order valence-electron chi connectivity index (χ3n) is 3.10. The minimum absolute atomic E-state index is 0.267. The maximum atomic E-state index is 10.7. The summed E-state index contributed by atoms with van der Waals surface area (Å²) in [6.45, 7) is 0.640. The monoisotopic (exact) mass is 200 g/mol. The highest BCUT2D eigenvalue weighted by Gasteiger charge is 2.23. The molecule has 0 bridgehead atoms. The summed E-state index contributed by atoms with van der Waals surface area (Å²) in [5, 5.41) is 8.97. The standard InChI is InChI=1S/C10H20N2O2/c1-12(6-10(11)14)9-4-2-8(7-13)3-5-9/h8-9,13H,2-7H2,1H3,(H2,11,14). The summed E-state index contributed by atoms with van der Waals surface area (Å²) >= 11 is 0. The summed E-state index contributed by atoms with van der Waals surface area (Å²) in [5.74, 6) is 0.199. The minimum atomic E-state index is -0.267. The molecule has 0 spiro atoms. The topological polar surface area (TPSA) is 66.6 Å². The number of primary amides is 1. The molecule has 0 aromatic rings. The Morgan fingerprint density at radius 2 is 2.00 bits per heavy atom. The van der Waals surface area contributed by atoms with Crippen LogP contribution in [0.3, 0.4) is 0 Å². The summed E-state index contributed by atoms with van der Waals surface area (Å²) in [5.41, 5.74) is 5.13. The van der Waals surface area contributed by atoms with Crippen molar-refractivity contribution < 1.29 is 9.90 Å². The van der Waals surface area contributed by atoms with E-state index >= 15 is 0 Å². The first kappa shape index (κ1) is 11.5. The van der Waals surface area contributed by atoms with Crippen molar-refractivity contribution in [3.8, 4) is 0 Å². The molecular formula is C10H20N2O2. The van der Waals surface area contributed by atoms with E-state index in [1.54, 1.807) is 0 Å². The lowest BCUT2D eigenvalue weighted by molar-refractivity contribution is -0.119. The zero-order valence-electron chi connectivity index (χ0n) is 8.78. The van der Waals surface area contributed by atoms with E-state index in [0.29, 0.717) is 25.1 Å². The average molecular weight is 200 g/mol. The van der Waals surface area contributed by atoms with Crippen LogP contribution in [0.4, 0.5) is 0 Å². The number of aliphatic hydroxyl groups is 1. The molecule has 0 aromatic carbocycles. The summed E-state index contributed by atoms with van der Waals surface area (Å²) in [6.07, 6.45) is 4.25. The van der Waals surface area contributed by atoms with E-state index < -0.39 is 0 Å². The molecule has 1 saturated carbocycles. The number of hydrogen-bond donors (Lipinski definition) is 2. The minimum Gasteiger partial charge on any atom is -0.396 e. The molecule has 1 amide bonds. The van der Waals surface area contributed by atoms with E-state index in [1.807, 2.05) is 11.9 Å². The van der Waals surface area contributed by atoms with Gasteiger partial charge in [0.2, 0.25) is 5.91 Å². The lowest BCUT2D eigenvalue weighted by Crippen LogP contribution is -2.40. The van der Waals surface area contributed by atoms with Crippen LogP contribution in [0.25, 0.3) is 0 Å². The number of nitrogens with zero attached hydrogens (tertiary/aromatic N) is 1. The maximum Gasteiger partial charge on any atom is 0.231 e. The largest absolute Gasteiger partial charge is 0.396 e. The quantitative estimate of drug-likeness (QED) is 0.669. The average Bonchev–Trinajstić information content (AvgIpc) is 2.17. The van der Waals surface area contributed by atoms with Crippen LogP contribution < -0.4 is 5.73 Å². The number of nitrogens with two attached hydrogens (primary N) is 1. The van der Waals surface area contributed by atoms with E-state index in [4.69, 9.17) is 10.8 Å². The Bertz CT molecular complexity index is 189. The molecule has 4 heteroatoms. The smallest absolute Gasteiger partial charge is 0.231 e. The zero-order chi connectivity index (χ0) is 10.6. The van der Waals surface area contributed by atoms with Crippen LogP contribution in [-0.2, 0) is 4.79 Å². The van der Waals surface area contributed by atoms with Gasteiger partial charge in [-0.25, -0.2) is 0 Å². The van der Waals surface area contributed by atoms with Crippen LogP contribution in [0.15, 0.2) is 0 Å². The maximum absolute atomic E-state index is 10.7. The molecule has 1 aliphatic rings. The van der Waals surface area contributed by atoms with Crippen LogP contribution in [-0.4, -0.2) is 42.2 Å². The molecule has 3 N–H and O–H groups in total. The molecule has 0 aromatic heterocycles. The van der Waals surface area contributed by atoms with Gasteiger partial charge in [-0.05, 0) is 38.6 Å². The molecular weight excluding hydrogens is 180 g/mol. The second kappa shape index (κ2) is 5.32. The van der Waals surface area contributed by atoms with Gasteiger partial charge in [0.05, 0.1) is 6.54 Å². The number of aliphatic hydroxyl groups excluding tert-OH is 1. The van der Waals surface area contributed by atoms with Crippen molar-refractivity contribution in [2.75, 3.05) is 20.2 Å². The van der Waals surface area contributed by atoms with Gasteiger partial charge in [-0.3, -0.25) is 9.69 Å². The number of carbonyl (C=O) groups is 1. The number of rotatable bonds is 4. The highest BCUT2D eigenvalue weighted by atomic mass is 16.3. The summed E-state index contributed by atoms with van der Waals surface area (Å²) < 4.78 is 0. The van der Waals surface area contributed by atoms with E-state index in [2.05, 4.69) is 0 Å². The van der Waals surface area contributed by atoms with Gasteiger partial charge in [0.1, 0.15) is 0 Å². The molecule has 1 aliphatic carbocycles. The molecule has 82 valence electrons. The van der Waals surface area contributed by atoms with Gasteiger partial charge in [0.15, 0.2) is 0 Å². The Hall–Kier alpha value is -0.610. The molecule has 0 heterocycles. The third kappa shape index (κ3) is 3.27. The van der Waals surface area contributed by atoms with Gasteiger partial charge in [-0.15, -0.1) is 0 Å².